The third-order valence-electron chi connectivity index (χ3n) is 3.70. The summed E-state index contributed by atoms with van der Waals surface area (Å²) in [5, 5.41) is 5.51. The van der Waals surface area contributed by atoms with Crippen LogP contribution in [0.25, 0.3) is 0 Å². The van der Waals surface area contributed by atoms with E-state index in [0.29, 0.717) is 12.1 Å². The molecule has 0 radical (unpaired) electrons. The molecule has 4 heteroatoms. The Morgan fingerprint density at radius 2 is 2.28 bits per heavy atom. The highest BCUT2D eigenvalue weighted by Gasteiger charge is 2.15. The van der Waals surface area contributed by atoms with Gasteiger partial charge in [-0.2, -0.15) is 0 Å². The fraction of sp³-hybridized carbons (Fsp3) is 0.714. The number of nitrogens with one attached hydrogen (secondary N) is 1. The van der Waals surface area contributed by atoms with Gasteiger partial charge in [-0.3, -0.25) is 4.90 Å². The summed E-state index contributed by atoms with van der Waals surface area (Å²) in [6, 6.07) is 4.82. The Bertz CT molecular complexity index is 323. The zero-order chi connectivity index (χ0) is 12.8. The van der Waals surface area contributed by atoms with Crippen molar-refractivity contribution in [1.82, 2.24) is 10.2 Å². The third kappa shape index (κ3) is 4.05. The molecule has 1 aliphatic heterocycles. The quantitative estimate of drug-likeness (QED) is 0.858. The van der Waals surface area contributed by atoms with E-state index < -0.39 is 0 Å². The molecule has 0 bridgehead atoms. The molecule has 1 aromatic rings. The molecule has 1 N–H and O–H groups in total. The van der Waals surface area contributed by atoms with E-state index in [9.17, 15) is 0 Å². The summed E-state index contributed by atoms with van der Waals surface area (Å²) in [7, 11) is 2.18. The maximum absolute atomic E-state index is 5.94. The topological polar surface area (TPSA) is 24.5 Å². The first-order valence-electron chi connectivity index (χ1n) is 6.83. The largest absolute Gasteiger partial charge is 0.377 e. The summed E-state index contributed by atoms with van der Waals surface area (Å²) < 4.78 is 5.94. The minimum absolute atomic E-state index is 0.469. The molecule has 2 rings (SSSR count). The van der Waals surface area contributed by atoms with Crippen molar-refractivity contribution < 1.29 is 4.74 Å². The van der Waals surface area contributed by atoms with Gasteiger partial charge in [-0.1, -0.05) is 6.07 Å². The maximum atomic E-state index is 5.94. The molecule has 0 saturated carbocycles. The fourth-order valence-electron chi connectivity index (χ4n) is 2.27. The Balaban J connectivity index is 1.66. The van der Waals surface area contributed by atoms with Gasteiger partial charge in [0.15, 0.2) is 0 Å². The van der Waals surface area contributed by atoms with Gasteiger partial charge < -0.3 is 10.1 Å². The number of piperidine rings is 1. The molecule has 0 aromatic carbocycles. The average Bonchev–Trinajstić information content (AvgIpc) is 2.93. The molecule has 0 amide bonds. The molecule has 1 saturated heterocycles. The van der Waals surface area contributed by atoms with Crippen LogP contribution in [0.15, 0.2) is 17.5 Å². The summed E-state index contributed by atoms with van der Waals surface area (Å²) in [5.74, 6) is 0. The Kier molecular flexibility index (Phi) is 5.63. The second kappa shape index (κ2) is 7.24. The van der Waals surface area contributed by atoms with Crippen LogP contribution in [0.2, 0.25) is 0 Å². The van der Waals surface area contributed by atoms with Gasteiger partial charge >= 0.3 is 0 Å². The molecule has 18 heavy (non-hydrogen) atoms. The highest BCUT2D eigenvalue weighted by Crippen LogP contribution is 2.23. The van der Waals surface area contributed by atoms with Crippen molar-refractivity contribution in [3.05, 3.63) is 22.4 Å². The Morgan fingerprint density at radius 3 is 2.94 bits per heavy atom. The minimum Gasteiger partial charge on any atom is -0.377 e. The number of likely N-dealkylation sites (N-methyl/N-ethyl adjacent to an activating group) is 1. The summed E-state index contributed by atoms with van der Waals surface area (Å²) >= 11 is 1.83. The van der Waals surface area contributed by atoms with Gasteiger partial charge in [0.2, 0.25) is 0 Å². The second-order valence-electron chi connectivity index (χ2n) is 4.99. The number of hydrogen-bond donors (Lipinski definition) is 1. The summed E-state index contributed by atoms with van der Waals surface area (Å²) in [6.07, 6.45) is 2.78. The Hall–Kier alpha value is -0.420. The van der Waals surface area contributed by atoms with Gasteiger partial charge in [0.05, 0.1) is 12.7 Å². The van der Waals surface area contributed by atoms with Crippen molar-refractivity contribution in [2.45, 2.75) is 31.9 Å². The van der Waals surface area contributed by atoms with Crippen LogP contribution in [-0.4, -0.2) is 44.3 Å². The van der Waals surface area contributed by atoms with Crippen molar-refractivity contribution in [2.24, 2.45) is 0 Å². The molecule has 102 valence electrons. The zero-order valence-electron chi connectivity index (χ0n) is 11.4. The monoisotopic (exact) mass is 268 g/mol. The molecular weight excluding hydrogens is 244 g/mol. The van der Waals surface area contributed by atoms with Crippen LogP contribution in [0.1, 0.15) is 30.7 Å². The number of thiophene rings is 1. The van der Waals surface area contributed by atoms with Gasteiger partial charge in [-0.25, -0.2) is 0 Å². The first kappa shape index (κ1) is 14.0. The normalized spacial score (nSPS) is 19.3. The summed E-state index contributed by atoms with van der Waals surface area (Å²) in [5.41, 5.74) is 0. The molecule has 1 unspecified atom stereocenters. The smallest absolute Gasteiger partial charge is 0.0600 e. The molecule has 1 atom stereocenters. The average molecular weight is 268 g/mol. The Morgan fingerprint density at radius 1 is 1.50 bits per heavy atom. The van der Waals surface area contributed by atoms with Crippen LogP contribution in [0, 0.1) is 0 Å². The first-order valence-corrected chi connectivity index (χ1v) is 7.71. The van der Waals surface area contributed by atoms with Crippen molar-refractivity contribution in [3.8, 4) is 0 Å². The molecule has 1 fully saturated rings. The molecular formula is C14H24N2OS. The lowest BCUT2D eigenvalue weighted by Crippen LogP contribution is -2.34. The maximum Gasteiger partial charge on any atom is 0.0600 e. The molecule has 3 nitrogen and oxygen atoms in total. The summed E-state index contributed by atoms with van der Waals surface area (Å²) in [6.45, 7) is 6.31. The number of nitrogens with zero attached hydrogens (tertiary/aromatic N) is 1. The van der Waals surface area contributed by atoms with Gasteiger partial charge in [0.25, 0.3) is 0 Å². The van der Waals surface area contributed by atoms with Crippen LogP contribution in [0.5, 0.6) is 0 Å². The lowest BCUT2D eigenvalue weighted by Gasteiger charge is -2.27. The van der Waals surface area contributed by atoms with Crippen LogP contribution in [-0.2, 0) is 4.74 Å². The van der Waals surface area contributed by atoms with Gasteiger partial charge in [-0.05, 0) is 51.3 Å². The Labute approximate surface area is 114 Å². The second-order valence-corrected chi connectivity index (χ2v) is 5.97. The van der Waals surface area contributed by atoms with E-state index in [2.05, 4.69) is 41.7 Å². The molecule has 1 aliphatic rings. The highest BCUT2D eigenvalue weighted by atomic mass is 32.1. The zero-order valence-corrected chi connectivity index (χ0v) is 12.2. The van der Waals surface area contributed by atoms with E-state index in [0.717, 1.165) is 39.1 Å². The lowest BCUT2D eigenvalue weighted by atomic mass is 10.1. The van der Waals surface area contributed by atoms with Crippen molar-refractivity contribution in [1.29, 1.82) is 0 Å². The van der Waals surface area contributed by atoms with Crippen LogP contribution in [0.4, 0.5) is 0 Å². The van der Waals surface area contributed by atoms with Crippen LogP contribution in [0.3, 0.4) is 0 Å². The predicted molar refractivity (Wildman–Crippen MR) is 77.2 cm³/mol. The van der Waals surface area contributed by atoms with E-state index in [1.165, 1.54) is 4.88 Å². The molecule has 0 spiro atoms. The van der Waals surface area contributed by atoms with Crippen molar-refractivity contribution >= 4 is 11.3 Å². The lowest BCUT2D eigenvalue weighted by molar-refractivity contribution is 0.0192. The van der Waals surface area contributed by atoms with Gasteiger partial charge in [0.1, 0.15) is 0 Å². The standard InChI is InChI=1S/C14H24N2OS/c1-12(14-4-3-11-18-14)16(2)9-10-17-13-5-7-15-8-6-13/h3-4,11-13,15H,5-10H2,1-2H3. The molecule has 0 aliphatic carbocycles. The SMILES string of the molecule is CC(c1cccs1)N(C)CCOC1CCNCC1. The highest BCUT2D eigenvalue weighted by molar-refractivity contribution is 7.10. The third-order valence-corrected chi connectivity index (χ3v) is 4.74. The predicted octanol–water partition coefficient (Wildman–Crippen LogP) is 2.51. The molecule has 1 aromatic heterocycles. The van der Waals surface area contributed by atoms with Crippen LogP contribution >= 0.6 is 11.3 Å². The van der Waals surface area contributed by atoms with E-state index in [1.54, 1.807) is 0 Å². The van der Waals surface area contributed by atoms with E-state index >= 15 is 0 Å². The van der Waals surface area contributed by atoms with Crippen molar-refractivity contribution in [2.75, 3.05) is 33.3 Å². The van der Waals surface area contributed by atoms with E-state index in [-0.39, 0.29) is 0 Å². The number of rotatable bonds is 6. The van der Waals surface area contributed by atoms with E-state index in [1.807, 2.05) is 11.3 Å². The van der Waals surface area contributed by atoms with Crippen LogP contribution < -0.4 is 5.32 Å². The number of ether oxygens (including phenoxy) is 1. The number of hydrogen-bond acceptors (Lipinski definition) is 4. The van der Waals surface area contributed by atoms with Gasteiger partial charge in [-0.15, -0.1) is 11.3 Å². The molecule has 2 heterocycles. The van der Waals surface area contributed by atoms with Crippen molar-refractivity contribution in [3.63, 3.8) is 0 Å². The fourth-order valence-corrected chi connectivity index (χ4v) is 3.11. The van der Waals surface area contributed by atoms with E-state index in [4.69, 9.17) is 4.74 Å². The van der Waals surface area contributed by atoms with Gasteiger partial charge in [0, 0.05) is 17.5 Å². The first-order chi connectivity index (χ1) is 8.77. The minimum atomic E-state index is 0.469. The summed E-state index contributed by atoms with van der Waals surface area (Å²) in [4.78, 5) is 3.80.